The molecule has 0 bridgehead atoms. The highest BCUT2D eigenvalue weighted by molar-refractivity contribution is 5.62. The van der Waals surface area contributed by atoms with Crippen LogP contribution in [-0.2, 0) is 0 Å². The number of ether oxygens (including phenoxy) is 1. The summed E-state index contributed by atoms with van der Waals surface area (Å²) in [6, 6.07) is 8.04. The molecule has 1 aliphatic rings. The quantitative estimate of drug-likeness (QED) is 0.939. The molecule has 0 saturated carbocycles. The number of benzene rings is 1. The minimum atomic E-state index is 0.682. The number of rotatable bonds is 4. The van der Waals surface area contributed by atoms with Crippen LogP contribution < -0.4 is 15.0 Å². The first-order valence-electron chi connectivity index (χ1n) is 7.88. The van der Waals surface area contributed by atoms with E-state index in [9.17, 15) is 0 Å². The number of anilines is 1. The Kier molecular flexibility index (Phi) is 4.85. The van der Waals surface area contributed by atoms with E-state index in [2.05, 4.69) is 20.2 Å². The van der Waals surface area contributed by atoms with Crippen LogP contribution in [0.15, 0.2) is 36.7 Å². The number of hydrogen-bond donors (Lipinski definition) is 1. The number of nitrogens with zero attached hydrogens (tertiary/aromatic N) is 3. The number of aromatic nitrogens is 2. The van der Waals surface area contributed by atoms with Crippen LogP contribution in [0.3, 0.4) is 0 Å². The van der Waals surface area contributed by atoms with Gasteiger partial charge >= 0.3 is 0 Å². The lowest BCUT2D eigenvalue weighted by molar-refractivity contribution is 0.340. The van der Waals surface area contributed by atoms with Crippen LogP contribution in [0, 0.1) is 0 Å². The molecule has 0 amide bonds. The monoisotopic (exact) mass is 298 g/mol. The van der Waals surface area contributed by atoms with E-state index in [1.165, 1.54) is 0 Å². The lowest BCUT2D eigenvalue weighted by Crippen LogP contribution is -2.29. The van der Waals surface area contributed by atoms with E-state index in [-0.39, 0.29) is 0 Å². The molecule has 1 fully saturated rings. The van der Waals surface area contributed by atoms with Crippen molar-refractivity contribution in [3.05, 3.63) is 36.7 Å². The van der Waals surface area contributed by atoms with Crippen LogP contribution in [0.4, 0.5) is 5.95 Å². The summed E-state index contributed by atoms with van der Waals surface area (Å²) < 4.78 is 5.46. The van der Waals surface area contributed by atoms with Gasteiger partial charge in [0, 0.05) is 37.6 Å². The van der Waals surface area contributed by atoms with Crippen LogP contribution in [-0.4, -0.2) is 42.8 Å². The smallest absolute Gasteiger partial charge is 0.225 e. The molecule has 116 valence electrons. The fraction of sp³-hybridized carbons (Fsp3) is 0.412. The number of hydrogen-bond acceptors (Lipinski definition) is 5. The van der Waals surface area contributed by atoms with E-state index in [1.807, 2.05) is 43.6 Å². The molecule has 0 radical (unpaired) electrons. The van der Waals surface area contributed by atoms with Crippen molar-refractivity contribution in [2.45, 2.75) is 13.3 Å². The maximum absolute atomic E-state index is 5.46. The Hall–Kier alpha value is -2.14. The highest BCUT2D eigenvalue weighted by Gasteiger charge is 2.12. The van der Waals surface area contributed by atoms with Crippen LogP contribution in [0.5, 0.6) is 5.75 Å². The SMILES string of the molecule is CCOc1ccc(-c2cnc(N3CCCNCC3)nc2)cc1. The normalized spacial score (nSPS) is 15.4. The summed E-state index contributed by atoms with van der Waals surface area (Å²) in [5, 5.41) is 3.39. The van der Waals surface area contributed by atoms with E-state index in [4.69, 9.17) is 4.74 Å². The standard InChI is InChI=1S/C17H22N4O/c1-2-22-16-6-4-14(5-7-16)15-12-19-17(20-13-15)21-10-3-8-18-9-11-21/h4-7,12-13,18H,2-3,8-11H2,1H3. The highest BCUT2D eigenvalue weighted by atomic mass is 16.5. The van der Waals surface area contributed by atoms with E-state index in [0.29, 0.717) is 6.61 Å². The zero-order chi connectivity index (χ0) is 15.2. The summed E-state index contributed by atoms with van der Waals surface area (Å²) in [5.41, 5.74) is 2.13. The zero-order valence-electron chi connectivity index (χ0n) is 13.0. The Bertz CT molecular complexity index is 575. The van der Waals surface area contributed by atoms with Crippen LogP contribution >= 0.6 is 0 Å². The van der Waals surface area contributed by atoms with Crippen molar-refractivity contribution in [3.8, 4) is 16.9 Å². The van der Waals surface area contributed by atoms with Gasteiger partial charge < -0.3 is 15.0 Å². The Balaban J connectivity index is 1.72. The fourth-order valence-corrected chi connectivity index (χ4v) is 2.59. The zero-order valence-corrected chi connectivity index (χ0v) is 13.0. The van der Waals surface area contributed by atoms with Crippen molar-refractivity contribution in [1.29, 1.82) is 0 Å². The molecule has 2 heterocycles. The first-order chi connectivity index (χ1) is 10.9. The van der Waals surface area contributed by atoms with Gasteiger partial charge in [-0.2, -0.15) is 0 Å². The summed E-state index contributed by atoms with van der Waals surface area (Å²) in [5.74, 6) is 1.71. The summed E-state index contributed by atoms with van der Waals surface area (Å²) in [6.45, 7) is 6.70. The van der Waals surface area contributed by atoms with Gasteiger partial charge in [0.15, 0.2) is 0 Å². The van der Waals surface area contributed by atoms with Gasteiger partial charge in [-0.1, -0.05) is 12.1 Å². The summed E-state index contributed by atoms with van der Waals surface area (Å²) in [6.07, 6.45) is 4.93. The molecule has 0 aliphatic carbocycles. The van der Waals surface area contributed by atoms with Gasteiger partial charge in [-0.3, -0.25) is 0 Å². The van der Waals surface area contributed by atoms with Gasteiger partial charge in [0.25, 0.3) is 0 Å². The molecule has 1 saturated heterocycles. The van der Waals surface area contributed by atoms with E-state index >= 15 is 0 Å². The van der Waals surface area contributed by atoms with Gasteiger partial charge in [0.2, 0.25) is 5.95 Å². The molecule has 22 heavy (non-hydrogen) atoms. The van der Waals surface area contributed by atoms with Crippen LogP contribution in [0.2, 0.25) is 0 Å². The van der Waals surface area contributed by atoms with Crippen molar-refractivity contribution in [2.75, 3.05) is 37.7 Å². The van der Waals surface area contributed by atoms with Gasteiger partial charge in [-0.05, 0) is 37.6 Å². The molecule has 0 atom stereocenters. The number of nitrogens with one attached hydrogen (secondary N) is 1. The molecule has 5 nitrogen and oxygen atoms in total. The average Bonchev–Trinajstić information content (AvgIpc) is 2.85. The van der Waals surface area contributed by atoms with Crippen molar-refractivity contribution in [1.82, 2.24) is 15.3 Å². The Morgan fingerprint density at radius 1 is 1.05 bits per heavy atom. The Morgan fingerprint density at radius 2 is 1.82 bits per heavy atom. The van der Waals surface area contributed by atoms with Crippen molar-refractivity contribution >= 4 is 5.95 Å². The molecule has 1 N–H and O–H groups in total. The Labute approximate surface area is 131 Å². The summed E-state index contributed by atoms with van der Waals surface area (Å²) >= 11 is 0. The van der Waals surface area contributed by atoms with Crippen molar-refractivity contribution in [3.63, 3.8) is 0 Å². The Morgan fingerprint density at radius 3 is 2.55 bits per heavy atom. The highest BCUT2D eigenvalue weighted by Crippen LogP contribution is 2.22. The minimum Gasteiger partial charge on any atom is -0.494 e. The maximum Gasteiger partial charge on any atom is 0.225 e. The maximum atomic E-state index is 5.46. The fourth-order valence-electron chi connectivity index (χ4n) is 2.59. The molecule has 0 spiro atoms. The lowest BCUT2D eigenvalue weighted by atomic mass is 10.1. The predicted molar refractivity (Wildman–Crippen MR) is 88.3 cm³/mol. The van der Waals surface area contributed by atoms with Gasteiger partial charge in [0.1, 0.15) is 5.75 Å². The third-order valence-corrected chi connectivity index (χ3v) is 3.76. The molecule has 1 aromatic carbocycles. The minimum absolute atomic E-state index is 0.682. The topological polar surface area (TPSA) is 50.3 Å². The van der Waals surface area contributed by atoms with E-state index in [0.717, 1.165) is 55.4 Å². The second-order valence-electron chi connectivity index (χ2n) is 5.32. The molecule has 3 rings (SSSR count). The first-order valence-corrected chi connectivity index (χ1v) is 7.88. The second kappa shape index (κ2) is 7.22. The van der Waals surface area contributed by atoms with E-state index < -0.39 is 0 Å². The third-order valence-electron chi connectivity index (χ3n) is 3.76. The lowest BCUT2D eigenvalue weighted by Gasteiger charge is -2.19. The molecule has 0 unspecified atom stereocenters. The van der Waals surface area contributed by atoms with Gasteiger partial charge in [0.05, 0.1) is 6.61 Å². The molecular weight excluding hydrogens is 276 g/mol. The summed E-state index contributed by atoms with van der Waals surface area (Å²) in [4.78, 5) is 11.3. The predicted octanol–water partition coefficient (Wildman–Crippen LogP) is 2.34. The molecule has 1 aliphatic heterocycles. The van der Waals surface area contributed by atoms with Crippen LogP contribution in [0.1, 0.15) is 13.3 Å². The second-order valence-corrected chi connectivity index (χ2v) is 5.32. The molecule has 2 aromatic rings. The third kappa shape index (κ3) is 3.54. The molecule has 5 heteroatoms. The van der Waals surface area contributed by atoms with Gasteiger partial charge in [-0.15, -0.1) is 0 Å². The van der Waals surface area contributed by atoms with Crippen molar-refractivity contribution < 1.29 is 4.74 Å². The van der Waals surface area contributed by atoms with Crippen LogP contribution in [0.25, 0.3) is 11.1 Å². The largest absolute Gasteiger partial charge is 0.494 e. The molecule has 1 aromatic heterocycles. The van der Waals surface area contributed by atoms with E-state index in [1.54, 1.807) is 0 Å². The molecular formula is C17H22N4O. The first kappa shape index (κ1) is 14.8. The van der Waals surface area contributed by atoms with Crippen molar-refractivity contribution in [2.24, 2.45) is 0 Å². The summed E-state index contributed by atoms with van der Waals surface area (Å²) in [7, 11) is 0. The van der Waals surface area contributed by atoms with Gasteiger partial charge in [-0.25, -0.2) is 9.97 Å². The average molecular weight is 298 g/mol.